The molecule has 0 aliphatic carbocycles. The molecule has 1 aromatic carbocycles. The Morgan fingerprint density at radius 3 is 2.65 bits per heavy atom. The van der Waals surface area contributed by atoms with Crippen LogP contribution in [-0.2, 0) is 14.3 Å². The van der Waals surface area contributed by atoms with Crippen LogP contribution in [0.1, 0.15) is 19.3 Å². The second kappa shape index (κ2) is 9.44. The topological polar surface area (TPSA) is 93.9 Å². The van der Waals surface area contributed by atoms with Crippen molar-refractivity contribution in [3.8, 4) is 5.75 Å². The lowest BCUT2D eigenvalue weighted by molar-refractivity contribution is -0.129. The number of benzene rings is 1. The van der Waals surface area contributed by atoms with Gasteiger partial charge in [-0.1, -0.05) is 0 Å². The van der Waals surface area contributed by atoms with Crippen LogP contribution in [0.2, 0.25) is 0 Å². The summed E-state index contributed by atoms with van der Waals surface area (Å²) in [7, 11) is 1.47. The summed E-state index contributed by atoms with van der Waals surface area (Å²) in [6.07, 6.45) is 0.924. The molecule has 9 heteroatoms. The molecule has 3 N–H and O–H groups in total. The molecule has 0 radical (unpaired) electrons. The lowest BCUT2D eigenvalue weighted by Crippen LogP contribution is -2.53. The van der Waals surface area contributed by atoms with E-state index in [1.807, 2.05) is 0 Å². The van der Waals surface area contributed by atoms with Gasteiger partial charge in [0.1, 0.15) is 11.8 Å². The van der Waals surface area contributed by atoms with Gasteiger partial charge in [-0.3, -0.25) is 9.59 Å². The summed E-state index contributed by atoms with van der Waals surface area (Å²) in [6.45, 7) is -2.20. The van der Waals surface area contributed by atoms with E-state index >= 15 is 0 Å². The highest BCUT2D eigenvalue weighted by Gasteiger charge is 2.31. The molecule has 2 amide bonds. The Bertz CT molecular complexity index is 609. The number of anilines is 1. The fourth-order valence-corrected chi connectivity index (χ4v) is 2.80. The normalized spacial score (nSPS) is 18.7. The summed E-state index contributed by atoms with van der Waals surface area (Å²) in [4.78, 5) is 26.2. The molecule has 1 saturated heterocycles. The number of nitrogens with one attached hydrogen (secondary N) is 1. The number of alkyl halides is 2. The first-order valence-corrected chi connectivity index (χ1v) is 8.33. The number of halogens is 2. The molecule has 0 saturated carbocycles. The number of amides is 2. The predicted molar refractivity (Wildman–Crippen MR) is 91.1 cm³/mol. The van der Waals surface area contributed by atoms with E-state index in [0.717, 1.165) is 0 Å². The molecule has 2 rings (SSSR count). The van der Waals surface area contributed by atoms with Crippen molar-refractivity contribution in [2.24, 2.45) is 5.73 Å². The summed E-state index contributed by atoms with van der Waals surface area (Å²) in [5, 5.41) is 2.72. The molecule has 26 heavy (non-hydrogen) atoms. The van der Waals surface area contributed by atoms with Gasteiger partial charge in [0.05, 0.1) is 12.5 Å². The number of carbonyl (C=O) groups excluding carboxylic acids is 2. The minimum atomic E-state index is -2.90. The zero-order valence-corrected chi connectivity index (χ0v) is 14.5. The van der Waals surface area contributed by atoms with Crippen molar-refractivity contribution < 1.29 is 27.8 Å². The maximum atomic E-state index is 12.7. The van der Waals surface area contributed by atoms with Gasteiger partial charge in [-0.2, -0.15) is 8.78 Å². The molecule has 1 aliphatic heterocycles. The SMILES string of the molecule is COC(CN)CC(=O)NC1CCCN(c2ccc(OC(F)F)cc2)C1=O. The first-order valence-electron chi connectivity index (χ1n) is 8.33. The Kier molecular flexibility index (Phi) is 7.28. The molecule has 144 valence electrons. The van der Waals surface area contributed by atoms with Crippen LogP contribution in [0.15, 0.2) is 24.3 Å². The van der Waals surface area contributed by atoms with Gasteiger partial charge in [-0.05, 0) is 37.1 Å². The highest BCUT2D eigenvalue weighted by Crippen LogP contribution is 2.24. The van der Waals surface area contributed by atoms with E-state index in [2.05, 4.69) is 10.1 Å². The Morgan fingerprint density at radius 1 is 1.38 bits per heavy atom. The number of hydrogen-bond acceptors (Lipinski definition) is 5. The van der Waals surface area contributed by atoms with E-state index < -0.39 is 18.8 Å². The van der Waals surface area contributed by atoms with Crippen LogP contribution in [0.25, 0.3) is 0 Å². The Morgan fingerprint density at radius 2 is 2.08 bits per heavy atom. The number of ether oxygens (including phenoxy) is 2. The van der Waals surface area contributed by atoms with Gasteiger partial charge in [0.15, 0.2) is 0 Å². The minimum Gasteiger partial charge on any atom is -0.435 e. The van der Waals surface area contributed by atoms with Crippen molar-refractivity contribution in [1.82, 2.24) is 5.32 Å². The molecular formula is C17H23F2N3O4. The first-order chi connectivity index (χ1) is 12.4. The Balaban J connectivity index is 1.99. The number of methoxy groups -OCH3 is 1. The van der Waals surface area contributed by atoms with Gasteiger partial charge in [-0.25, -0.2) is 0 Å². The maximum Gasteiger partial charge on any atom is 0.387 e. The van der Waals surface area contributed by atoms with Gasteiger partial charge in [0.25, 0.3) is 0 Å². The molecule has 1 aliphatic rings. The van der Waals surface area contributed by atoms with E-state index in [1.54, 1.807) is 0 Å². The molecule has 0 aromatic heterocycles. The highest BCUT2D eigenvalue weighted by atomic mass is 19.3. The highest BCUT2D eigenvalue weighted by molar-refractivity contribution is 5.99. The monoisotopic (exact) mass is 371 g/mol. The van der Waals surface area contributed by atoms with E-state index in [9.17, 15) is 18.4 Å². The average Bonchev–Trinajstić information content (AvgIpc) is 2.62. The zero-order chi connectivity index (χ0) is 19.1. The van der Waals surface area contributed by atoms with E-state index in [1.165, 1.54) is 36.3 Å². The van der Waals surface area contributed by atoms with Crippen LogP contribution in [0, 0.1) is 0 Å². The fraction of sp³-hybridized carbons (Fsp3) is 0.529. The number of rotatable bonds is 8. The van der Waals surface area contributed by atoms with Crippen LogP contribution in [0.5, 0.6) is 5.75 Å². The number of nitrogens with two attached hydrogens (primary N) is 1. The fourth-order valence-electron chi connectivity index (χ4n) is 2.80. The molecule has 1 aromatic rings. The standard InChI is InChI=1S/C17H23F2N3O4/c1-25-13(10-20)9-15(23)21-14-3-2-8-22(16(14)24)11-4-6-12(7-5-11)26-17(18)19/h4-7,13-14,17H,2-3,8-10,20H2,1H3,(H,21,23). The van der Waals surface area contributed by atoms with Gasteiger partial charge >= 0.3 is 6.61 Å². The molecule has 2 atom stereocenters. The third kappa shape index (κ3) is 5.37. The zero-order valence-electron chi connectivity index (χ0n) is 14.5. The van der Waals surface area contributed by atoms with Gasteiger partial charge < -0.3 is 25.4 Å². The smallest absolute Gasteiger partial charge is 0.387 e. The van der Waals surface area contributed by atoms with Gasteiger partial charge in [0, 0.05) is 25.9 Å². The van der Waals surface area contributed by atoms with Crippen molar-refractivity contribution in [3.05, 3.63) is 24.3 Å². The van der Waals surface area contributed by atoms with Crippen LogP contribution in [0.4, 0.5) is 14.5 Å². The number of nitrogens with zero attached hydrogens (tertiary/aromatic N) is 1. The summed E-state index contributed by atoms with van der Waals surface area (Å²) in [5.74, 6) is -0.525. The molecule has 0 spiro atoms. The Labute approximate surface area is 150 Å². The second-order valence-corrected chi connectivity index (χ2v) is 5.92. The second-order valence-electron chi connectivity index (χ2n) is 5.92. The molecule has 1 heterocycles. The molecule has 1 fully saturated rings. The third-order valence-corrected chi connectivity index (χ3v) is 4.16. The Hall–Kier alpha value is -2.26. The molecular weight excluding hydrogens is 348 g/mol. The lowest BCUT2D eigenvalue weighted by atomic mass is 10.0. The maximum absolute atomic E-state index is 12.7. The molecule has 0 bridgehead atoms. The predicted octanol–water partition coefficient (Wildman–Crippen LogP) is 1.26. The summed E-state index contributed by atoms with van der Waals surface area (Å²) >= 11 is 0. The number of hydrogen-bond donors (Lipinski definition) is 2. The lowest BCUT2D eigenvalue weighted by Gasteiger charge is -2.33. The minimum absolute atomic E-state index is 0.0189. The average molecular weight is 371 g/mol. The first kappa shape index (κ1) is 20.1. The van der Waals surface area contributed by atoms with E-state index in [0.29, 0.717) is 25.1 Å². The van der Waals surface area contributed by atoms with Crippen molar-refractivity contribution in [3.63, 3.8) is 0 Å². The third-order valence-electron chi connectivity index (χ3n) is 4.16. The number of carbonyl (C=O) groups is 2. The summed E-state index contributed by atoms with van der Waals surface area (Å²) < 4.78 is 33.8. The van der Waals surface area contributed by atoms with E-state index in [4.69, 9.17) is 10.5 Å². The number of piperidine rings is 1. The largest absolute Gasteiger partial charge is 0.435 e. The van der Waals surface area contributed by atoms with Crippen LogP contribution in [-0.4, -0.2) is 50.8 Å². The molecule has 2 unspecified atom stereocenters. The van der Waals surface area contributed by atoms with Crippen LogP contribution < -0.4 is 20.7 Å². The van der Waals surface area contributed by atoms with Crippen LogP contribution in [0.3, 0.4) is 0 Å². The van der Waals surface area contributed by atoms with Crippen molar-refractivity contribution in [2.75, 3.05) is 25.1 Å². The quantitative estimate of drug-likeness (QED) is 0.718. The van der Waals surface area contributed by atoms with Crippen molar-refractivity contribution in [1.29, 1.82) is 0 Å². The van der Waals surface area contributed by atoms with Gasteiger partial charge in [0.2, 0.25) is 11.8 Å². The van der Waals surface area contributed by atoms with Crippen molar-refractivity contribution >= 4 is 17.5 Å². The van der Waals surface area contributed by atoms with Crippen LogP contribution >= 0.6 is 0 Å². The summed E-state index contributed by atoms with van der Waals surface area (Å²) in [5.41, 5.74) is 6.06. The summed E-state index contributed by atoms with van der Waals surface area (Å²) in [6, 6.07) is 5.19. The van der Waals surface area contributed by atoms with Gasteiger partial charge in [-0.15, -0.1) is 0 Å². The molecule has 7 nitrogen and oxygen atoms in total. The van der Waals surface area contributed by atoms with Crippen molar-refractivity contribution in [2.45, 2.75) is 38.0 Å². The van der Waals surface area contributed by atoms with E-state index in [-0.39, 0.29) is 30.5 Å².